The predicted molar refractivity (Wildman–Crippen MR) is 46.3 cm³/mol. The lowest BCUT2D eigenvalue weighted by molar-refractivity contribution is -0.692. The van der Waals surface area contributed by atoms with Gasteiger partial charge in [0.2, 0.25) is 9.05 Å². The van der Waals surface area contributed by atoms with E-state index in [1.165, 1.54) is 0 Å². The van der Waals surface area contributed by atoms with Gasteiger partial charge in [0.15, 0.2) is 18.9 Å². The highest BCUT2D eigenvalue weighted by molar-refractivity contribution is 8.13. The molecule has 74 valence electrons. The molecule has 0 radical (unpaired) electrons. The van der Waals surface area contributed by atoms with E-state index in [0.717, 1.165) is 0 Å². The molecule has 0 aliphatic heterocycles. The van der Waals surface area contributed by atoms with Gasteiger partial charge in [-0.3, -0.25) is 0 Å². The SMILES string of the molecule is O=S(=O)(Cl)CC[n+]1ccccc1.[Cl-]. The molecule has 0 atom stereocenters. The summed E-state index contributed by atoms with van der Waals surface area (Å²) in [6.45, 7) is 0.396. The Hall–Kier alpha value is -0.320. The van der Waals surface area contributed by atoms with Gasteiger partial charge in [0.25, 0.3) is 0 Å². The molecule has 0 unspecified atom stereocenters. The summed E-state index contributed by atoms with van der Waals surface area (Å²) in [6, 6.07) is 5.54. The van der Waals surface area contributed by atoms with Crippen LogP contribution >= 0.6 is 10.7 Å². The second-order valence-electron chi connectivity index (χ2n) is 2.36. The molecule has 13 heavy (non-hydrogen) atoms. The Labute approximate surface area is 88.2 Å². The lowest BCUT2D eigenvalue weighted by Gasteiger charge is -1.92. The van der Waals surface area contributed by atoms with Gasteiger partial charge in [-0.05, 0) is 0 Å². The third-order valence-corrected chi connectivity index (χ3v) is 2.50. The lowest BCUT2D eigenvalue weighted by Crippen LogP contribution is -3.00. The van der Waals surface area contributed by atoms with Crippen LogP contribution in [0, 0.1) is 0 Å². The average Bonchev–Trinajstić information content (AvgIpc) is 2.02. The minimum absolute atomic E-state index is 0. The number of hydrogen-bond donors (Lipinski definition) is 0. The zero-order valence-corrected chi connectivity index (χ0v) is 9.06. The summed E-state index contributed by atoms with van der Waals surface area (Å²) in [5.41, 5.74) is 0. The molecule has 0 N–H and O–H groups in total. The molecule has 3 nitrogen and oxygen atoms in total. The lowest BCUT2D eigenvalue weighted by atomic mass is 10.5. The Bertz CT molecular complexity index is 339. The van der Waals surface area contributed by atoms with E-state index in [1.54, 1.807) is 17.0 Å². The van der Waals surface area contributed by atoms with Crippen LogP contribution in [0.25, 0.3) is 0 Å². The molecule has 0 aliphatic rings. The van der Waals surface area contributed by atoms with Crippen molar-refractivity contribution in [2.24, 2.45) is 0 Å². The molecule has 0 aromatic carbocycles. The summed E-state index contributed by atoms with van der Waals surface area (Å²) in [5.74, 6) is -0.0385. The number of aromatic nitrogens is 1. The van der Waals surface area contributed by atoms with Crippen LogP contribution in [0.5, 0.6) is 0 Å². The van der Waals surface area contributed by atoms with Gasteiger partial charge in [0.05, 0.1) is 0 Å². The minimum atomic E-state index is -3.37. The van der Waals surface area contributed by atoms with Gasteiger partial charge in [-0.15, -0.1) is 0 Å². The average molecular weight is 242 g/mol. The van der Waals surface area contributed by atoms with Gasteiger partial charge < -0.3 is 12.4 Å². The van der Waals surface area contributed by atoms with E-state index < -0.39 is 9.05 Å². The van der Waals surface area contributed by atoms with Crippen molar-refractivity contribution in [3.05, 3.63) is 30.6 Å². The van der Waals surface area contributed by atoms with Crippen molar-refractivity contribution < 1.29 is 25.4 Å². The fourth-order valence-electron chi connectivity index (χ4n) is 0.798. The number of halogens is 2. The second kappa shape index (κ2) is 5.42. The van der Waals surface area contributed by atoms with Crippen LogP contribution in [0.2, 0.25) is 0 Å². The second-order valence-corrected chi connectivity index (χ2v) is 5.25. The zero-order chi connectivity index (χ0) is 9.03. The molecule has 0 saturated carbocycles. The molecule has 1 rings (SSSR count). The predicted octanol–water partition coefficient (Wildman–Crippen LogP) is -2.45. The molecule has 0 spiro atoms. The first-order valence-corrected chi connectivity index (χ1v) is 5.92. The van der Waals surface area contributed by atoms with E-state index >= 15 is 0 Å². The van der Waals surface area contributed by atoms with Gasteiger partial charge in [-0.25, -0.2) is 13.0 Å². The number of aryl methyl sites for hydroxylation is 1. The Morgan fingerprint density at radius 2 is 1.69 bits per heavy atom. The van der Waals surface area contributed by atoms with Crippen molar-refractivity contribution in [3.63, 3.8) is 0 Å². The minimum Gasteiger partial charge on any atom is -1.00 e. The molecule has 1 aromatic heterocycles. The number of pyridine rings is 1. The summed E-state index contributed by atoms with van der Waals surface area (Å²) in [7, 11) is 1.67. The Morgan fingerprint density at radius 1 is 1.15 bits per heavy atom. The van der Waals surface area contributed by atoms with E-state index in [1.807, 2.05) is 18.2 Å². The maximum Gasteiger partial charge on any atom is 0.238 e. The van der Waals surface area contributed by atoms with E-state index in [9.17, 15) is 8.42 Å². The molecule has 1 aromatic rings. The smallest absolute Gasteiger partial charge is 0.238 e. The molecule has 0 fully saturated rings. The third-order valence-electron chi connectivity index (χ3n) is 1.37. The van der Waals surface area contributed by atoms with Gasteiger partial charge in [-0.1, -0.05) is 6.07 Å². The molecule has 0 aliphatic carbocycles. The van der Waals surface area contributed by atoms with Crippen LogP contribution in [0.15, 0.2) is 30.6 Å². The quantitative estimate of drug-likeness (QED) is 0.436. The van der Waals surface area contributed by atoms with Crippen LogP contribution in [0.1, 0.15) is 0 Å². The Balaban J connectivity index is 0.00000144. The Kier molecular flexibility index (Phi) is 5.29. The first kappa shape index (κ1) is 12.7. The largest absolute Gasteiger partial charge is 1.00 e. The summed E-state index contributed by atoms with van der Waals surface area (Å²) < 4.78 is 22.9. The molecule has 0 bridgehead atoms. The maximum atomic E-state index is 10.6. The van der Waals surface area contributed by atoms with Gasteiger partial charge in [0.1, 0.15) is 5.75 Å². The molecular formula is C7H9Cl2NO2S. The monoisotopic (exact) mass is 241 g/mol. The summed E-state index contributed by atoms with van der Waals surface area (Å²) in [6.07, 6.45) is 3.59. The summed E-state index contributed by atoms with van der Waals surface area (Å²) in [4.78, 5) is 0. The highest BCUT2D eigenvalue weighted by Crippen LogP contribution is 1.94. The van der Waals surface area contributed by atoms with E-state index in [0.29, 0.717) is 6.54 Å². The van der Waals surface area contributed by atoms with Gasteiger partial charge >= 0.3 is 0 Å². The Morgan fingerprint density at radius 3 is 2.15 bits per heavy atom. The third kappa shape index (κ3) is 5.85. The highest BCUT2D eigenvalue weighted by atomic mass is 35.7. The van der Waals surface area contributed by atoms with Crippen LogP contribution in [0.3, 0.4) is 0 Å². The zero-order valence-electron chi connectivity index (χ0n) is 6.73. The fourth-order valence-corrected chi connectivity index (χ4v) is 1.43. The standard InChI is InChI=1S/C7H9ClNO2S.ClH/c8-12(10,11)7-6-9-4-2-1-3-5-9;/h1-5H,6-7H2;1H/q+1;/p-1. The van der Waals surface area contributed by atoms with E-state index in [4.69, 9.17) is 10.7 Å². The number of nitrogens with zero attached hydrogens (tertiary/aromatic N) is 1. The van der Waals surface area contributed by atoms with Crippen LogP contribution in [-0.4, -0.2) is 14.2 Å². The normalized spacial score (nSPS) is 10.5. The van der Waals surface area contributed by atoms with Crippen molar-refractivity contribution in [3.8, 4) is 0 Å². The molecule has 0 amide bonds. The maximum absolute atomic E-state index is 10.6. The summed E-state index contributed by atoms with van der Waals surface area (Å²) in [5, 5.41) is 0. The highest BCUT2D eigenvalue weighted by Gasteiger charge is 2.08. The van der Waals surface area contributed by atoms with Crippen molar-refractivity contribution in [1.29, 1.82) is 0 Å². The van der Waals surface area contributed by atoms with Gasteiger partial charge in [-0.2, -0.15) is 0 Å². The van der Waals surface area contributed by atoms with Crippen molar-refractivity contribution >= 4 is 19.7 Å². The molecule has 1 heterocycles. The van der Waals surface area contributed by atoms with Crippen LogP contribution in [-0.2, 0) is 15.6 Å². The van der Waals surface area contributed by atoms with Crippen molar-refractivity contribution in [2.75, 3.05) is 5.75 Å². The fraction of sp³-hybridized carbons (Fsp3) is 0.286. The first-order valence-electron chi connectivity index (χ1n) is 3.44. The van der Waals surface area contributed by atoms with E-state index in [2.05, 4.69) is 0 Å². The first-order chi connectivity index (χ1) is 5.58. The number of rotatable bonds is 3. The van der Waals surface area contributed by atoms with Crippen molar-refractivity contribution in [1.82, 2.24) is 0 Å². The molecule has 0 saturated heterocycles. The topological polar surface area (TPSA) is 38.0 Å². The van der Waals surface area contributed by atoms with Crippen molar-refractivity contribution in [2.45, 2.75) is 6.54 Å². The van der Waals surface area contributed by atoms with Gasteiger partial charge in [0, 0.05) is 22.8 Å². The van der Waals surface area contributed by atoms with Crippen LogP contribution in [0.4, 0.5) is 0 Å². The molecular weight excluding hydrogens is 233 g/mol. The van der Waals surface area contributed by atoms with Crippen LogP contribution < -0.4 is 17.0 Å². The summed E-state index contributed by atoms with van der Waals surface area (Å²) >= 11 is 0. The number of hydrogen-bond acceptors (Lipinski definition) is 2. The van der Waals surface area contributed by atoms with E-state index in [-0.39, 0.29) is 18.2 Å². The molecule has 6 heteroatoms.